The molecule has 2 rings (SSSR count). The molecule has 2 aromatic rings. The van der Waals surface area contributed by atoms with Crippen LogP contribution in [0.2, 0.25) is 10.0 Å². The highest BCUT2D eigenvalue weighted by molar-refractivity contribution is 7.09. The minimum atomic E-state index is -0.501. The topological polar surface area (TPSA) is 71.5 Å². The summed E-state index contributed by atoms with van der Waals surface area (Å²) < 4.78 is 4.67. The zero-order valence-corrected chi connectivity index (χ0v) is 17.6. The maximum atomic E-state index is 12.8. The van der Waals surface area contributed by atoms with Crippen molar-refractivity contribution in [1.29, 1.82) is 0 Å². The number of benzene rings is 1. The van der Waals surface area contributed by atoms with Crippen molar-refractivity contribution >= 4 is 52.2 Å². The van der Waals surface area contributed by atoms with E-state index < -0.39 is 5.97 Å². The number of aromatic nitrogens is 1. The molecule has 0 saturated heterocycles. The van der Waals surface area contributed by atoms with Crippen LogP contribution in [0.5, 0.6) is 0 Å². The zero-order valence-electron chi connectivity index (χ0n) is 15.3. The van der Waals surface area contributed by atoms with E-state index in [-0.39, 0.29) is 18.3 Å². The number of carbonyl (C=O) groups is 2. The number of esters is 1. The van der Waals surface area contributed by atoms with Gasteiger partial charge in [0.05, 0.1) is 29.4 Å². The van der Waals surface area contributed by atoms with Gasteiger partial charge in [-0.25, -0.2) is 14.6 Å². The SMILES string of the molecule is COC(=O)c1csc(CN(CCC(C)C)C(=O)Nc2c(Cl)cccc2Cl)n1. The maximum absolute atomic E-state index is 12.8. The Bertz CT molecular complexity index is 791. The van der Waals surface area contributed by atoms with Crippen LogP contribution in [-0.2, 0) is 11.3 Å². The van der Waals surface area contributed by atoms with Crippen LogP contribution in [0.3, 0.4) is 0 Å². The lowest BCUT2D eigenvalue weighted by atomic mass is 10.1. The number of amides is 2. The van der Waals surface area contributed by atoms with Gasteiger partial charge in [0.15, 0.2) is 5.69 Å². The van der Waals surface area contributed by atoms with Gasteiger partial charge in [-0.15, -0.1) is 11.3 Å². The van der Waals surface area contributed by atoms with Crippen molar-refractivity contribution in [2.75, 3.05) is 19.0 Å². The number of carbonyl (C=O) groups excluding carboxylic acids is 2. The van der Waals surface area contributed by atoms with Crippen molar-refractivity contribution in [3.05, 3.63) is 44.3 Å². The predicted molar refractivity (Wildman–Crippen MR) is 109 cm³/mol. The number of halogens is 2. The Balaban J connectivity index is 2.16. The number of nitrogens with zero attached hydrogens (tertiary/aromatic N) is 2. The largest absolute Gasteiger partial charge is 0.464 e. The fraction of sp³-hybridized carbons (Fsp3) is 0.389. The molecule has 6 nitrogen and oxygen atoms in total. The first-order valence-corrected chi connectivity index (χ1v) is 9.98. The number of anilines is 1. The average molecular weight is 430 g/mol. The molecule has 0 unspecified atom stereocenters. The van der Waals surface area contributed by atoms with Gasteiger partial charge in [-0.1, -0.05) is 43.1 Å². The zero-order chi connectivity index (χ0) is 20.0. The second kappa shape index (κ2) is 9.92. The van der Waals surface area contributed by atoms with Crippen LogP contribution in [-0.4, -0.2) is 35.5 Å². The van der Waals surface area contributed by atoms with E-state index in [9.17, 15) is 9.59 Å². The van der Waals surface area contributed by atoms with Gasteiger partial charge in [0, 0.05) is 11.9 Å². The van der Waals surface area contributed by atoms with Crippen LogP contribution in [0.1, 0.15) is 35.8 Å². The maximum Gasteiger partial charge on any atom is 0.357 e. The van der Waals surface area contributed by atoms with Crippen LogP contribution in [0.4, 0.5) is 10.5 Å². The normalized spacial score (nSPS) is 10.7. The van der Waals surface area contributed by atoms with Crippen LogP contribution in [0.15, 0.2) is 23.6 Å². The van der Waals surface area contributed by atoms with E-state index in [4.69, 9.17) is 23.2 Å². The van der Waals surface area contributed by atoms with Gasteiger partial charge in [0.25, 0.3) is 0 Å². The lowest BCUT2D eigenvalue weighted by molar-refractivity contribution is 0.0594. The molecule has 0 radical (unpaired) electrons. The third-order valence-electron chi connectivity index (χ3n) is 3.73. The monoisotopic (exact) mass is 429 g/mol. The fourth-order valence-corrected chi connectivity index (χ4v) is 3.48. The Morgan fingerprint density at radius 1 is 1.30 bits per heavy atom. The number of thiazole rings is 1. The molecule has 1 aromatic heterocycles. The summed E-state index contributed by atoms with van der Waals surface area (Å²) in [5, 5.41) is 5.75. The summed E-state index contributed by atoms with van der Waals surface area (Å²) in [5.74, 6) is -0.0790. The highest BCUT2D eigenvalue weighted by atomic mass is 35.5. The second-order valence-corrected chi connectivity index (χ2v) is 8.01. The second-order valence-electron chi connectivity index (χ2n) is 6.25. The molecular formula is C18H21Cl2N3O3S. The highest BCUT2D eigenvalue weighted by Gasteiger charge is 2.20. The number of para-hydroxylation sites is 1. The van der Waals surface area contributed by atoms with E-state index in [0.717, 1.165) is 6.42 Å². The lowest BCUT2D eigenvalue weighted by Crippen LogP contribution is -2.36. The molecule has 1 heterocycles. The molecule has 0 aliphatic rings. The molecule has 9 heteroatoms. The Labute approximate surface area is 172 Å². The van der Waals surface area contributed by atoms with Gasteiger partial charge in [0.2, 0.25) is 0 Å². The van der Waals surface area contributed by atoms with E-state index in [1.54, 1.807) is 28.5 Å². The Morgan fingerprint density at radius 3 is 2.56 bits per heavy atom. The Morgan fingerprint density at radius 2 is 1.96 bits per heavy atom. The summed E-state index contributed by atoms with van der Waals surface area (Å²) in [6.07, 6.45) is 0.818. The molecule has 2 amide bonds. The lowest BCUT2D eigenvalue weighted by Gasteiger charge is -2.23. The number of urea groups is 1. The minimum Gasteiger partial charge on any atom is -0.464 e. The van der Waals surface area contributed by atoms with E-state index in [1.165, 1.54) is 18.4 Å². The van der Waals surface area contributed by atoms with Crippen molar-refractivity contribution in [2.24, 2.45) is 5.92 Å². The number of hydrogen-bond donors (Lipinski definition) is 1. The first-order valence-electron chi connectivity index (χ1n) is 8.34. The van der Waals surface area contributed by atoms with E-state index in [2.05, 4.69) is 28.9 Å². The van der Waals surface area contributed by atoms with Crippen molar-refractivity contribution in [3.63, 3.8) is 0 Å². The molecule has 0 fully saturated rings. The van der Waals surface area contributed by atoms with Crippen LogP contribution in [0, 0.1) is 5.92 Å². The molecule has 27 heavy (non-hydrogen) atoms. The summed E-state index contributed by atoms with van der Waals surface area (Å²) >= 11 is 13.6. The molecule has 0 aliphatic heterocycles. The molecular weight excluding hydrogens is 409 g/mol. The predicted octanol–water partition coefficient (Wildman–Crippen LogP) is 5.32. The third-order valence-corrected chi connectivity index (χ3v) is 5.19. The van der Waals surface area contributed by atoms with Crippen molar-refractivity contribution < 1.29 is 14.3 Å². The average Bonchev–Trinajstić information content (AvgIpc) is 3.09. The van der Waals surface area contributed by atoms with Gasteiger partial charge in [-0.3, -0.25) is 0 Å². The molecule has 0 atom stereocenters. The van der Waals surface area contributed by atoms with Crippen LogP contribution in [0.25, 0.3) is 0 Å². The summed E-state index contributed by atoms with van der Waals surface area (Å²) in [6, 6.07) is 4.69. The Hall–Kier alpha value is -1.83. The quantitative estimate of drug-likeness (QED) is 0.604. The van der Waals surface area contributed by atoms with Gasteiger partial charge in [-0.2, -0.15) is 0 Å². The standard InChI is InChI=1S/C18H21Cl2N3O3S/c1-11(2)7-8-23(9-15-21-14(10-27-15)17(24)26-3)18(25)22-16-12(19)5-4-6-13(16)20/h4-6,10-11H,7-9H2,1-3H3,(H,22,25). The number of hydrogen-bond acceptors (Lipinski definition) is 5. The molecule has 1 aromatic carbocycles. The van der Waals surface area contributed by atoms with Gasteiger partial charge < -0.3 is 15.0 Å². The number of rotatable bonds is 7. The molecule has 0 saturated carbocycles. The van der Waals surface area contributed by atoms with Crippen LogP contribution < -0.4 is 5.32 Å². The summed E-state index contributed by atoms with van der Waals surface area (Å²) in [4.78, 5) is 30.3. The first kappa shape index (κ1) is 21.5. The van der Waals surface area contributed by atoms with Crippen molar-refractivity contribution in [1.82, 2.24) is 9.88 Å². The summed E-state index contributed by atoms with van der Waals surface area (Å²) in [7, 11) is 1.30. The smallest absolute Gasteiger partial charge is 0.357 e. The van der Waals surface area contributed by atoms with E-state index in [0.29, 0.717) is 33.2 Å². The summed E-state index contributed by atoms with van der Waals surface area (Å²) in [5.41, 5.74) is 0.602. The van der Waals surface area contributed by atoms with Gasteiger partial charge in [0.1, 0.15) is 5.01 Å². The van der Waals surface area contributed by atoms with Crippen LogP contribution >= 0.6 is 34.5 Å². The van der Waals surface area contributed by atoms with Crippen molar-refractivity contribution in [3.8, 4) is 0 Å². The van der Waals surface area contributed by atoms with E-state index in [1.807, 2.05) is 0 Å². The molecule has 1 N–H and O–H groups in total. The molecule has 146 valence electrons. The highest BCUT2D eigenvalue weighted by Crippen LogP contribution is 2.30. The number of ether oxygens (including phenoxy) is 1. The van der Waals surface area contributed by atoms with Gasteiger partial charge >= 0.3 is 12.0 Å². The number of methoxy groups -OCH3 is 1. The summed E-state index contributed by atoms with van der Waals surface area (Å²) in [6.45, 7) is 4.96. The third kappa shape index (κ3) is 6.09. The van der Waals surface area contributed by atoms with Gasteiger partial charge in [-0.05, 0) is 24.5 Å². The molecule has 0 aliphatic carbocycles. The number of nitrogens with one attached hydrogen (secondary N) is 1. The molecule has 0 bridgehead atoms. The minimum absolute atomic E-state index is 0.232. The van der Waals surface area contributed by atoms with E-state index >= 15 is 0 Å². The van der Waals surface area contributed by atoms with Crippen molar-refractivity contribution in [2.45, 2.75) is 26.8 Å². The molecule has 0 spiro atoms. The Kier molecular flexibility index (Phi) is 7.89. The first-order chi connectivity index (χ1) is 12.8. The fourth-order valence-electron chi connectivity index (χ4n) is 2.21.